The summed E-state index contributed by atoms with van der Waals surface area (Å²) >= 11 is 0. The minimum atomic E-state index is -0.425. The van der Waals surface area contributed by atoms with Crippen LogP contribution in [-0.2, 0) is 14.1 Å². The molecule has 0 fully saturated rings. The highest BCUT2D eigenvalue weighted by Crippen LogP contribution is 2.18. The van der Waals surface area contributed by atoms with E-state index in [4.69, 9.17) is 5.84 Å². The van der Waals surface area contributed by atoms with Gasteiger partial charge in [0.2, 0.25) is 5.62 Å². The number of hydrogen-bond acceptors (Lipinski definition) is 4. The number of benzene rings is 1. The molecular weight excluding hydrogens is 210 g/mol. The van der Waals surface area contributed by atoms with Crippen LogP contribution < -0.4 is 11.5 Å². The monoisotopic (exact) mass is 221 g/mol. The van der Waals surface area contributed by atoms with Gasteiger partial charge in [-0.2, -0.15) is 0 Å². The van der Waals surface area contributed by atoms with Crippen LogP contribution in [0.5, 0.6) is 0 Å². The highest BCUT2D eigenvalue weighted by atomic mass is 16.6. The normalized spacial score (nSPS) is 12.2. The van der Waals surface area contributed by atoms with Crippen molar-refractivity contribution >= 4 is 16.7 Å². The largest absolute Gasteiger partial charge is 0.320 e. The minimum Gasteiger partial charge on any atom is -0.320 e. The number of nitro benzene ring substituents is 1. The Morgan fingerprint density at radius 2 is 1.94 bits per heavy atom. The maximum atomic E-state index is 10.7. The van der Waals surface area contributed by atoms with Crippen molar-refractivity contribution in [3.05, 3.63) is 33.9 Å². The molecular formula is C9H11N5O2. The van der Waals surface area contributed by atoms with Gasteiger partial charge in [0.15, 0.2) is 0 Å². The van der Waals surface area contributed by atoms with E-state index in [1.54, 1.807) is 29.3 Å². The van der Waals surface area contributed by atoms with E-state index in [9.17, 15) is 10.1 Å². The fourth-order valence-electron chi connectivity index (χ4n) is 1.79. The third-order valence-corrected chi connectivity index (χ3v) is 2.61. The molecule has 0 atom stereocenters. The highest BCUT2D eigenvalue weighted by Gasteiger charge is 2.11. The van der Waals surface area contributed by atoms with Crippen LogP contribution in [0.4, 0.5) is 5.69 Å². The average Bonchev–Trinajstić information content (AvgIpc) is 2.51. The zero-order valence-corrected chi connectivity index (χ0v) is 8.91. The first-order chi connectivity index (χ1) is 7.56. The molecule has 1 aromatic heterocycles. The summed E-state index contributed by atoms with van der Waals surface area (Å²) in [4.78, 5) is 10.2. The molecule has 0 saturated heterocycles. The Labute approximate surface area is 90.6 Å². The van der Waals surface area contributed by atoms with Crippen molar-refractivity contribution in [3.63, 3.8) is 0 Å². The van der Waals surface area contributed by atoms with Gasteiger partial charge in [-0.15, -0.1) is 5.10 Å². The number of fused-ring (bicyclic) bond motifs is 1. The van der Waals surface area contributed by atoms with Crippen molar-refractivity contribution in [3.8, 4) is 0 Å². The number of nitro groups is 1. The quantitative estimate of drug-likeness (QED) is 0.423. The molecule has 2 rings (SSSR count). The highest BCUT2D eigenvalue weighted by molar-refractivity contribution is 5.78. The van der Waals surface area contributed by atoms with Gasteiger partial charge in [0.25, 0.3) is 5.69 Å². The molecule has 0 aliphatic rings. The lowest BCUT2D eigenvalue weighted by atomic mass is 10.3. The number of nitrogens with zero attached hydrogens (tertiary/aromatic N) is 4. The van der Waals surface area contributed by atoms with Crippen molar-refractivity contribution in [2.75, 3.05) is 0 Å². The average molecular weight is 221 g/mol. The second-order valence-corrected chi connectivity index (χ2v) is 3.48. The van der Waals surface area contributed by atoms with Crippen LogP contribution in [0.1, 0.15) is 0 Å². The van der Waals surface area contributed by atoms with E-state index < -0.39 is 4.92 Å². The van der Waals surface area contributed by atoms with E-state index >= 15 is 0 Å². The third-order valence-electron chi connectivity index (χ3n) is 2.61. The first-order valence-electron chi connectivity index (χ1n) is 4.60. The molecule has 2 aromatic rings. The van der Waals surface area contributed by atoms with Crippen LogP contribution in [0.3, 0.4) is 0 Å². The molecule has 0 unspecified atom stereocenters. The van der Waals surface area contributed by atoms with E-state index in [1.807, 2.05) is 0 Å². The predicted octanol–water partition coefficient (Wildman–Crippen LogP) is 0.199. The molecule has 1 aromatic carbocycles. The Balaban J connectivity index is 2.90. The van der Waals surface area contributed by atoms with Crippen LogP contribution in [0, 0.1) is 10.1 Å². The van der Waals surface area contributed by atoms with Gasteiger partial charge in [-0.3, -0.25) is 10.1 Å². The number of aromatic nitrogens is 2. The lowest BCUT2D eigenvalue weighted by Gasteiger charge is -1.94. The number of imidazole rings is 1. The van der Waals surface area contributed by atoms with Gasteiger partial charge in [0.1, 0.15) is 0 Å². The van der Waals surface area contributed by atoms with E-state index in [-0.39, 0.29) is 5.69 Å². The van der Waals surface area contributed by atoms with E-state index in [1.165, 1.54) is 12.1 Å². The first-order valence-corrected chi connectivity index (χ1v) is 4.60. The summed E-state index contributed by atoms with van der Waals surface area (Å²) < 4.78 is 3.49. The Morgan fingerprint density at radius 1 is 1.31 bits per heavy atom. The lowest BCUT2D eigenvalue weighted by Crippen LogP contribution is -2.23. The molecule has 2 N–H and O–H groups in total. The molecule has 16 heavy (non-hydrogen) atoms. The summed E-state index contributed by atoms with van der Waals surface area (Å²) in [5, 5.41) is 14.3. The van der Waals surface area contributed by atoms with Gasteiger partial charge in [-0.1, -0.05) is 0 Å². The fourth-order valence-corrected chi connectivity index (χ4v) is 1.79. The number of nitrogens with two attached hydrogens (primary N) is 1. The predicted molar refractivity (Wildman–Crippen MR) is 58.3 cm³/mol. The second-order valence-electron chi connectivity index (χ2n) is 3.48. The van der Waals surface area contributed by atoms with Crippen LogP contribution in [0.25, 0.3) is 11.0 Å². The minimum absolute atomic E-state index is 0.0530. The molecule has 0 aliphatic carbocycles. The molecule has 84 valence electrons. The van der Waals surface area contributed by atoms with Crippen molar-refractivity contribution in [2.24, 2.45) is 25.0 Å². The summed E-state index contributed by atoms with van der Waals surface area (Å²) in [5.74, 6) is 5.26. The molecule has 0 aliphatic heterocycles. The standard InChI is InChI=1S/C9H11N5O2/c1-12-7-4-3-6(14(15)16)5-8(7)13(2)9(12)11-10/h3-5H,10H2,1-2H3. The first kappa shape index (κ1) is 10.2. The summed E-state index contributed by atoms with van der Waals surface area (Å²) in [7, 11) is 3.57. The Bertz CT molecular complexity index is 637. The Morgan fingerprint density at radius 3 is 2.50 bits per heavy atom. The zero-order chi connectivity index (χ0) is 11.9. The van der Waals surface area contributed by atoms with Gasteiger partial charge in [0, 0.05) is 26.2 Å². The maximum absolute atomic E-state index is 10.7. The SMILES string of the molecule is Cn1c(=NN)n(C)c2cc([N+](=O)[O-])ccc21. The van der Waals surface area contributed by atoms with Crippen LogP contribution in [0.2, 0.25) is 0 Å². The molecule has 0 spiro atoms. The van der Waals surface area contributed by atoms with Crippen LogP contribution >= 0.6 is 0 Å². The van der Waals surface area contributed by atoms with Gasteiger partial charge in [-0.05, 0) is 6.07 Å². The van der Waals surface area contributed by atoms with Crippen LogP contribution in [0.15, 0.2) is 23.3 Å². The zero-order valence-electron chi connectivity index (χ0n) is 8.91. The summed E-state index contributed by atoms with van der Waals surface area (Å²) in [6.07, 6.45) is 0. The summed E-state index contributed by atoms with van der Waals surface area (Å²) in [6, 6.07) is 4.65. The summed E-state index contributed by atoms with van der Waals surface area (Å²) in [6.45, 7) is 0. The lowest BCUT2D eigenvalue weighted by molar-refractivity contribution is -0.384. The van der Waals surface area contributed by atoms with Crippen molar-refractivity contribution in [1.82, 2.24) is 9.13 Å². The van der Waals surface area contributed by atoms with Gasteiger partial charge >= 0.3 is 0 Å². The Kier molecular flexibility index (Phi) is 2.15. The number of rotatable bonds is 1. The number of hydrogen-bond donors (Lipinski definition) is 1. The van der Waals surface area contributed by atoms with Crippen molar-refractivity contribution < 1.29 is 4.92 Å². The van der Waals surface area contributed by atoms with E-state index in [2.05, 4.69) is 5.10 Å². The van der Waals surface area contributed by atoms with Crippen LogP contribution in [-0.4, -0.2) is 14.1 Å². The van der Waals surface area contributed by atoms with Crippen molar-refractivity contribution in [1.29, 1.82) is 0 Å². The summed E-state index contributed by atoms with van der Waals surface area (Å²) in [5.41, 5.74) is 2.17. The Hall–Kier alpha value is -2.31. The third kappa shape index (κ3) is 1.25. The molecule has 0 bridgehead atoms. The molecule has 7 nitrogen and oxygen atoms in total. The number of non-ortho nitro benzene ring substituents is 1. The maximum Gasteiger partial charge on any atom is 0.271 e. The smallest absolute Gasteiger partial charge is 0.271 e. The second kappa shape index (κ2) is 3.37. The van der Waals surface area contributed by atoms with Gasteiger partial charge < -0.3 is 15.0 Å². The topological polar surface area (TPSA) is 91.4 Å². The molecule has 1 heterocycles. The van der Waals surface area contributed by atoms with E-state index in [0.717, 1.165) is 11.0 Å². The van der Waals surface area contributed by atoms with E-state index in [0.29, 0.717) is 5.62 Å². The van der Waals surface area contributed by atoms with Gasteiger partial charge in [-0.25, -0.2) is 0 Å². The fraction of sp³-hybridized carbons (Fsp3) is 0.222. The molecule has 0 saturated carbocycles. The molecule has 0 amide bonds. The molecule has 7 heteroatoms. The number of aryl methyl sites for hydroxylation is 2. The molecule has 0 radical (unpaired) electrons. The van der Waals surface area contributed by atoms with Crippen molar-refractivity contribution in [2.45, 2.75) is 0 Å². The van der Waals surface area contributed by atoms with Gasteiger partial charge in [0.05, 0.1) is 16.0 Å².